The number of nitrogens with zero attached hydrogens (tertiary/aromatic N) is 5. The molecule has 0 bridgehead atoms. The zero-order chi connectivity index (χ0) is 19.1. The summed E-state index contributed by atoms with van der Waals surface area (Å²) in [6, 6.07) is 7.78. The fourth-order valence-corrected chi connectivity index (χ4v) is 3.87. The van der Waals surface area contributed by atoms with Crippen molar-refractivity contribution in [2.45, 2.75) is 44.3 Å². The zero-order valence-electron chi connectivity index (χ0n) is 15.8. The van der Waals surface area contributed by atoms with E-state index in [-0.39, 0.29) is 5.91 Å². The molecule has 0 unspecified atom stereocenters. The number of amides is 1. The number of ether oxygens (including phenoxy) is 1. The van der Waals surface area contributed by atoms with Crippen LogP contribution in [-0.2, 0) is 11.3 Å². The molecule has 8 heteroatoms. The molecule has 1 aliphatic carbocycles. The van der Waals surface area contributed by atoms with Gasteiger partial charge in [-0.15, -0.1) is 5.10 Å². The lowest BCUT2D eigenvalue weighted by molar-refractivity contribution is -0.126. The minimum absolute atomic E-state index is 0.106. The second-order valence-electron chi connectivity index (χ2n) is 6.34. The summed E-state index contributed by atoms with van der Waals surface area (Å²) < 4.78 is 6.90. The minimum Gasteiger partial charge on any atom is -0.497 e. The van der Waals surface area contributed by atoms with Crippen molar-refractivity contribution < 1.29 is 9.53 Å². The molecule has 0 atom stereocenters. The lowest BCUT2D eigenvalue weighted by atomic mass is 10.0. The first kappa shape index (κ1) is 19.4. The van der Waals surface area contributed by atoms with Gasteiger partial charge in [-0.25, -0.2) is 4.68 Å². The van der Waals surface area contributed by atoms with Gasteiger partial charge in [-0.2, -0.15) is 0 Å². The van der Waals surface area contributed by atoms with Crippen molar-refractivity contribution in [2.75, 3.05) is 19.4 Å². The maximum Gasteiger partial charge on any atom is 0.237 e. The summed E-state index contributed by atoms with van der Waals surface area (Å²) in [7, 11) is 1.64. The topological polar surface area (TPSA) is 73.1 Å². The molecular weight excluding hydrogens is 362 g/mol. The summed E-state index contributed by atoms with van der Waals surface area (Å²) in [5, 5.41) is 12.5. The van der Waals surface area contributed by atoms with E-state index < -0.39 is 0 Å². The van der Waals surface area contributed by atoms with E-state index >= 15 is 0 Å². The van der Waals surface area contributed by atoms with Gasteiger partial charge < -0.3 is 9.64 Å². The highest BCUT2D eigenvalue weighted by Gasteiger charge is 2.19. The third kappa shape index (κ3) is 5.09. The van der Waals surface area contributed by atoms with Crippen molar-refractivity contribution >= 4 is 17.7 Å². The van der Waals surface area contributed by atoms with Gasteiger partial charge in [-0.05, 0) is 60.7 Å². The first-order valence-electron chi connectivity index (χ1n) is 9.22. The number of methoxy groups -OCH3 is 1. The Kier molecular flexibility index (Phi) is 6.86. The first-order chi connectivity index (χ1) is 13.2. The maximum atomic E-state index is 12.7. The molecule has 0 aliphatic heterocycles. The average Bonchev–Trinajstić information content (AvgIpc) is 3.15. The van der Waals surface area contributed by atoms with Gasteiger partial charge in [0.1, 0.15) is 5.75 Å². The normalized spacial score (nSPS) is 13.9. The fourth-order valence-electron chi connectivity index (χ4n) is 3.11. The van der Waals surface area contributed by atoms with Crippen LogP contribution in [-0.4, -0.2) is 50.4 Å². The molecule has 0 fully saturated rings. The van der Waals surface area contributed by atoms with E-state index in [0.717, 1.165) is 36.3 Å². The van der Waals surface area contributed by atoms with E-state index in [4.69, 9.17) is 4.74 Å². The highest BCUT2D eigenvalue weighted by molar-refractivity contribution is 7.99. The van der Waals surface area contributed by atoms with Gasteiger partial charge in [-0.3, -0.25) is 4.79 Å². The molecule has 1 amide bonds. The van der Waals surface area contributed by atoms with E-state index in [9.17, 15) is 4.79 Å². The zero-order valence-corrected chi connectivity index (χ0v) is 16.6. The summed E-state index contributed by atoms with van der Waals surface area (Å²) in [6.45, 7) is 3.27. The van der Waals surface area contributed by atoms with Gasteiger partial charge >= 0.3 is 0 Å². The van der Waals surface area contributed by atoms with Crippen LogP contribution in [0.15, 0.2) is 41.2 Å². The molecule has 1 aromatic heterocycles. The molecule has 0 radical (unpaired) electrons. The molecule has 144 valence electrons. The molecule has 0 spiro atoms. The predicted octanol–water partition coefficient (Wildman–Crippen LogP) is 3.13. The Bertz CT molecular complexity index is 788. The molecule has 0 saturated carbocycles. The van der Waals surface area contributed by atoms with Crippen molar-refractivity contribution in [3.05, 3.63) is 41.6 Å². The number of thioether (sulfide) groups is 1. The molecule has 3 rings (SSSR count). The van der Waals surface area contributed by atoms with Crippen LogP contribution in [0.3, 0.4) is 0 Å². The summed E-state index contributed by atoms with van der Waals surface area (Å²) in [5.41, 5.74) is 2.23. The number of allylic oxidation sites excluding steroid dienone is 2. The van der Waals surface area contributed by atoms with Crippen molar-refractivity contribution in [1.29, 1.82) is 0 Å². The lowest BCUT2D eigenvalue weighted by Crippen LogP contribution is -2.32. The van der Waals surface area contributed by atoms with E-state index in [1.165, 1.54) is 18.2 Å². The van der Waals surface area contributed by atoms with Crippen LogP contribution in [0, 0.1) is 0 Å². The quantitative estimate of drug-likeness (QED) is 0.648. The second-order valence-corrected chi connectivity index (χ2v) is 7.28. The van der Waals surface area contributed by atoms with E-state index in [2.05, 4.69) is 21.6 Å². The van der Waals surface area contributed by atoms with Gasteiger partial charge in [0.15, 0.2) is 0 Å². The van der Waals surface area contributed by atoms with Crippen LogP contribution >= 0.6 is 11.8 Å². The number of benzene rings is 1. The largest absolute Gasteiger partial charge is 0.497 e. The SMILES string of the molecule is CCN(C(=O)CSc1nnnn1Cc1ccc(OC)cc1)C1=CCCCC1. The summed E-state index contributed by atoms with van der Waals surface area (Å²) in [4.78, 5) is 14.6. The number of hydrogen-bond donors (Lipinski definition) is 0. The van der Waals surface area contributed by atoms with Crippen LogP contribution in [0.2, 0.25) is 0 Å². The molecule has 1 aliphatic rings. The van der Waals surface area contributed by atoms with Crippen molar-refractivity contribution in [2.24, 2.45) is 0 Å². The third-order valence-corrected chi connectivity index (χ3v) is 5.49. The van der Waals surface area contributed by atoms with Crippen LogP contribution < -0.4 is 4.74 Å². The number of aromatic nitrogens is 4. The van der Waals surface area contributed by atoms with Crippen LogP contribution in [0.1, 0.15) is 38.2 Å². The number of carbonyl (C=O) groups excluding carboxylic acids is 1. The maximum absolute atomic E-state index is 12.7. The van der Waals surface area contributed by atoms with Crippen molar-refractivity contribution in [3.8, 4) is 5.75 Å². The Morgan fingerprint density at radius 1 is 1.30 bits per heavy atom. The molecule has 2 aromatic rings. The molecule has 7 nitrogen and oxygen atoms in total. The number of hydrogen-bond acceptors (Lipinski definition) is 6. The van der Waals surface area contributed by atoms with E-state index in [1.807, 2.05) is 36.1 Å². The number of carbonyl (C=O) groups is 1. The molecular formula is C19H25N5O2S. The Morgan fingerprint density at radius 3 is 2.78 bits per heavy atom. The summed E-state index contributed by atoms with van der Waals surface area (Å²) >= 11 is 1.38. The van der Waals surface area contributed by atoms with Crippen LogP contribution in [0.25, 0.3) is 0 Å². The Balaban J connectivity index is 1.60. The monoisotopic (exact) mass is 387 g/mol. The minimum atomic E-state index is 0.106. The van der Waals surface area contributed by atoms with Crippen LogP contribution in [0.5, 0.6) is 5.75 Å². The van der Waals surface area contributed by atoms with Gasteiger partial charge in [0.25, 0.3) is 0 Å². The second kappa shape index (κ2) is 9.55. The molecule has 1 aromatic carbocycles. The summed E-state index contributed by atoms with van der Waals surface area (Å²) in [6.07, 6.45) is 6.61. The Hall–Kier alpha value is -2.35. The smallest absolute Gasteiger partial charge is 0.237 e. The van der Waals surface area contributed by atoms with Crippen molar-refractivity contribution in [3.63, 3.8) is 0 Å². The van der Waals surface area contributed by atoms with Crippen molar-refractivity contribution in [1.82, 2.24) is 25.1 Å². The molecule has 1 heterocycles. The molecule has 0 N–H and O–H groups in total. The fraction of sp³-hybridized carbons (Fsp3) is 0.474. The molecule has 27 heavy (non-hydrogen) atoms. The summed E-state index contributed by atoms with van der Waals surface area (Å²) in [5.74, 6) is 1.25. The standard InChI is InChI=1S/C19H25N5O2S/c1-3-23(16-7-5-4-6-8-16)18(25)14-27-19-20-21-22-24(19)13-15-9-11-17(26-2)12-10-15/h7,9-12H,3-6,8,13-14H2,1-2H3. The van der Waals surface area contributed by atoms with Gasteiger partial charge in [-0.1, -0.05) is 30.0 Å². The predicted molar refractivity (Wildman–Crippen MR) is 105 cm³/mol. The van der Waals surface area contributed by atoms with Gasteiger partial charge in [0.2, 0.25) is 11.1 Å². The Morgan fingerprint density at radius 2 is 2.11 bits per heavy atom. The number of tetrazole rings is 1. The third-order valence-electron chi connectivity index (χ3n) is 4.55. The lowest BCUT2D eigenvalue weighted by Gasteiger charge is -2.26. The van der Waals surface area contributed by atoms with E-state index in [0.29, 0.717) is 24.0 Å². The highest BCUT2D eigenvalue weighted by atomic mass is 32.2. The van der Waals surface area contributed by atoms with Gasteiger partial charge in [0.05, 0.1) is 19.4 Å². The first-order valence-corrected chi connectivity index (χ1v) is 10.2. The van der Waals surface area contributed by atoms with Gasteiger partial charge in [0, 0.05) is 12.2 Å². The highest BCUT2D eigenvalue weighted by Crippen LogP contribution is 2.23. The average molecular weight is 388 g/mol. The number of rotatable bonds is 8. The molecule has 0 saturated heterocycles. The van der Waals surface area contributed by atoms with E-state index in [1.54, 1.807) is 11.8 Å². The Labute approximate surface area is 163 Å². The van der Waals surface area contributed by atoms with Crippen LogP contribution in [0.4, 0.5) is 0 Å².